The SMILES string of the molecule is COc1ccc(S(=O)(=O)NCCC(C)C)c([N+](=O)[O-])c1. The van der Waals surface area contributed by atoms with Crippen molar-refractivity contribution < 1.29 is 18.1 Å². The number of hydrogen-bond donors (Lipinski definition) is 1. The van der Waals surface area contributed by atoms with Crippen LogP contribution in [-0.4, -0.2) is 27.0 Å². The zero-order valence-corrected chi connectivity index (χ0v) is 12.4. The molecule has 0 aliphatic heterocycles. The van der Waals surface area contributed by atoms with Crippen LogP contribution < -0.4 is 9.46 Å². The second kappa shape index (κ2) is 6.67. The van der Waals surface area contributed by atoms with E-state index in [1.807, 2.05) is 13.8 Å². The number of nitro groups is 1. The van der Waals surface area contributed by atoms with Crippen molar-refractivity contribution in [3.05, 3.63) is 28.3 Å². The van der Waals surface area contributed by atoms with Crippen molar-refractivity contribution in [2.45, 2.75) is 25.2 Å². The summed E-state index contributed by atoms with van der Waals surface area (Å²) in [4.78, 5) is 9.89. The van der Waals surface area contributed by atoms with E-state index in [2.05, 4.69) is 4.72 Å². The number of nitrogens with zero attached hydrogens (tertiary/aromatic N) is 1. The molecule has 0 saturated carbocycles. The Kier molecular flexibility index (Phi) is 5.46. The summed E-state index contributed by atoms with van der Waals surface area (Å²) in [6.45, 7) is 4.16. The van der Waals surface area contributed by atoms with Crippen molar-refractivity contribution in [2.75, 3.05) is 13.7 Å². The third kappa shape index (κ3) is 4.17. The monoisotopic (exact) mass is 302 g/mol. The van der Waals surface area contributed by atoms with E-state index >= 15 is 0 Å². The molecule has 0 aliphatic rings. The van der Waals surface area contributed by atoms with Crippen LogP contribution in [0.15, 0.2) is 23.1 Å². The molecule has 0 heterocycles. The Balaban J connectivity index is 3.08. The lowest BCUT2D eigenvalue weighted by Crippen LogP contribution is -2.26. The van der Waals surface area contributed by atoms with Crippen LogP contribution in [0.4, 0.5) is 5.69 Å². The molecule has 0 fully saturated rings. The number of benzene rings is 1. The first kappa shape index (κ1) is 16.4. The van der Waals surface area contributed by atoms with Crippen LogP contribution in [-0.2, 0) is 10.0 Å². The lowest BCUT2D eigenvalue weighted by atomic mass is 10.1. The van der Waals surface area contributed by atoms with Gasteiger partial charge in [0.1, 0.15) is 5.75 Å². The molecule has 1 aromatic carbocycles. The molecule has 20 heavy (non-hydrogen) atoms. The third-order valence-electron chi connectivity index (χ3n) is 2.67. The molecule has 1 aromatic rings. The average Bonchev–Trinajstić information content (AvgIpc) is 2.37. The van der Waals surface area contributed by atoms with Gasteiger partial charge in [-0.1, -0.05) is 13.8 Å². The van der Waals surface area contributed by atoms with Gasteiger partial charge in [-0.05, 0) is 24.5 Å². The highest BCUT2D eigenvalue weighted by Gasteiger charge is 2.26. The number of nitro benzene ring substituents is 1. The molecule has 0 bridgehead atoms. The van der Waals surface area contributed by atoms with Gasteiger partial charge in [0.2, 0.25) is 10.0 Å². The van der Waals surface area contributed by atoms with E-state index in [0.717, 1.165) is 6.07 Å². The van der Waals surface area contributed by atoms with Gasteiger partial charge in [-0.25, -0.2) is 13.1 Å². The highest BCUT2D eigenvalue weighted by molar-refractivity contribution is 7.89. The van der Waals surface area contributed by atoms with E-state index in [-0.39, 0.29) is 17.2 Å². The molecular formula is C12H18N2O5S. The van der Waals surface area contributed by atoms with Gasteiger partial charge < -0.3 is 4.74 Å². The quantitative estimate of drug-likeness (QED) is 0.613. The molecule has 0 atom stereocenters. The van der Waals surface area contributed by atoms with E-state index in [0.29, 0.717) is 12.3 Å². The van der Waals surface area contributed by atoms with E-state index in [1.165, 1.54) is 19.2 Å². The van der Waals surface area contributed by atoms with Crippen molar-refractivity contribution in [2.24, 2.45) is 5.92 Å². The smallest absolute Gasteiger partial charge is 0.293 e. The fraction of sp³-hybridized carbons (Fsp3) is 0.500. The summed E-state index contributed by atoms with van der Waals surface area (Å²) in [5.41, 5.74) is -0.499. The summed E-state index contributed by atoms with van der Waals surface area (Å²) in [6, 6.07) is 3.65. The summed E-state index contributed by atoms with van der Waals surface area (Å²) in [5, 5.41) is 11.0. The van der Waals surface area contributed by atoms with Crippen molar-refractivity contribution in [3.63, 3.8) is 0 Å². The van der Waals surface area contributed by atoms with Crippen LogP contribution in [0.3, 0.4) is 0 Å². The van der Waals surface area contributed by atoms with Gasteiger partial charge in [0.05, 0.1) is 18.1 Å². The summed E-state index contributed by atoms with van der Waals surface area (Å²) in [7, 11) is -2.55. The Bertz CT molecular complexity index is 584. The summed E-state index contributed by atoms with van der Waals surface area (Å²) < 4.78 is 31.4. The van der Waals surface area contributed by atoms with Crippen molar-refractivity contribution >= 4 is 15.7 Å². The number of ether oxygens (including phenoxy) is 1. The van der Waals surface area contributed by atoms with Gasteiger partial charge in [-0.15, -0.1) is 0 Å². The Morgan fingerprint density at radius 3 is 2.55 bits per heavy atom. The number of methoxy groups -OCH3 is 1. The highest BCUT2D eigenvalue weighted by atomic mass is 32.2. The summed E-state index contributed by atoms with van der Waals surface area (Å²) >= 11 is 0. The topological polar surface area (TPSA) is 98.5 Å². The standard InChI is InChI=1S/C12H18N2O5S/c1-9(2)6-7-13-20(17,18)12-5-4-10(19-3)8-11(12)14(15)16/h4-5,8-9,13H,6-7H2,1-3H3. The fourth-order valence-corrected chi connectivity index (χ4v) is 2.75. The largest absolute Gasteiger partial charge is 0.497 e. The van der Waals surface area contributed by atoms with Crippen LogP contribution in [0, 0.1) is 16.0 Å². The maximum atomic E-state index is 12.1. The molecule has 0 aromatic heterocycles. The molecular weight excluding hydrogens is 284 g/mol. The van der Waals surface area contributed by atoms with E-state index < -0.39 is 20.6 Å². The molecule has 1 rings (SSSR count). The van der Waals surface area contributed by atoms with Crippen LogP contribution in [0.25, 0.3) is 0 Å². The second-order valence-electron chi connectivity index (χ2n) is 4.67. The molecule has 7 nitrogen and oxygen atoms in total. The first-order valence-corrected chi connectivity index (χ1v) is 7.58. The number of sulfonamides is 1. The fourth-order valence-electron chi connectivity index (χ4n) is 1.55. The zero-order chi connectivity index (χ0) is 15.3. The minimum Gasteiger partial charge on any atom is -0.497 e. The lowest BCUT2D eigenvalue weighted by Gasteiger charge is -2.09. The Labute approximate surface area is 118 Å². The highest BCUT2D eigenvalue weighted by Crippen LogP contribution is 2.28. The van der Waals surface area contributed by atoms with E-state index in [1.54, 1.807) is 0 Å². The molecule has 0 amide bonds. The van der Waals surface area contributed by atoms with Gasteiger partial charge in [-0.2, -0.15) is 0 Å². The molecule has 0 spiro atoms. The molecule has 8 heteroatoms. The minimum absolute atomic E-state index is 0.234. The van der Waals surface area contributed by atoms with Crippen LogP contribution in [0.2, 0.25) is 0 Å². The average molecular weight is 302 g/mol. The van der Waals surface area contributed by atoms with Gasteiger partial charge in [0.25, 0.3) is 5.69 Å². The normalized spacial score (nSPS) is 11.6. The first-order valence-electron chi connectivity index (χ1n) is 6.10. The number of hydrogen-bond acceptors (Lipinski definition) is 5. The van der Waals surface area contributed by atoms with Gasteiger partial charge in [0.15, 0.2) is 4.90 Å². The number of rotatable bonds is 7. The van der Waals surface area contributed by atoms with Gasteiger partial charge in [0, 0.05) is 6.54 Å². The van der Waals surface area contributed by atoms with Gasteiger partial charge >= 0.3 is 0 Å². The molecule has 0 unspecified atom stereocenters. The maximum Gasteiger partial charge on any atom is 0.293 e. The first-order chi connectivity index (χ1) is 9.27. The summed E-state index contributed by atoms with van der Waals surface area (Å²) in [5.74, 6) is 0.571. The van der Waals surface area contributed by atoms with Gasteiger partial charge in [-0.3, -0.25) is 10.1 Å². The lowest BCUT2D eigenvalue weighted by molar-refractivity contribution is -0.387. The third-order valence-corrected chi connectivity index (χ3v) is 4.17. The zero-order valence-electron chi connectivity index (χ0n) is 11.6. The van der Waals surface area contributed by atoms with Crippen molar-refractivity contribution in [1.29, 1.82) is 0 Å². The predicted octanol–water partition coefficient (Wildman–Crippen LogP) is 1.93. The number of nitrogens with one attached hydrogen (secondary N) is 1. The van der Waals surface area contributed by atoms with Crippen LogP contribution in [0.1, 0.15) is 20.3 Å². The molecule has 0 aliphatic carbocycles. The van der Waals surface area contributed by atoms with E-state index in [4.69, 9.17) is 4.74 Å². The van der Waals surface area contributed by atoms with Crippen LogP contribution in [0.5, 0.6) is 5.75 Å². The predicted molar refractivity (Wildman–Crippen MR) is 74.3 cm³/mol. The molecule has 0 saturated heterocycles. The van der Waals surface area contributed by atoms with Crippen molar-refractivity contribution in [3.8, 4) is 5.75 Å². The Morgan fingerprint density at radius 1 is 1.40 bits per heavy atom. The molecule has 1 N–H and O–H groups in total. The second-order valence-corrected chi connectivity index (χ2v) is 6.41. The Hall–Kier alpha value is -1.67. The minimum atomic E-state index is -3.90. The molecule has 0 radical (unpaired) electrons. The van der Waals surface area contributed by atoms with Crippen molar-refractivity contribution in [1.82, 2.24) is 4.72 Å². The Morgan fingerprint density at radius 2 is 2.05 bits per heavy atom. The summed E-state index contributed by atoms with van der Waals surface area (Å²) in [6.07, 6.45) is 0.656. The maximum absolute atomic E-state index is 12.1. The molecule has 112 valence electrons. The van der Waals surface area contributed by atoms with Crippen LogP contribution >= 0.6 is 0 Å². The van der Waals surface area contributed by atoms with E-state index in [9.17, 15) is 18.5 Å².